The van der Waals surface area contributed by atoms with Gasteiger partial charge >= 0.3 is 5.97 Å². The van der Waals surface area contributed by atoms with Crippen molar-refractivity contribution in [2.45, 2.75) is 6.10 Å². The molecule has 1 atom stereocenters. The average molecular weight is 315 g/mol. The van der Waals surface area contributed by atoms with Crippen molar-refractivity contribution < 1.29 is 24.4 Å². The summed E-state index contributed by atoms with van der Waals surface area (Å²) in [6, 6.07) is 3.72. The van der Waals surface area contributed by atoms with Crippen LogP contribution in [-0.4, -0.2) is 52.6 Å². The molecule has 1 aromatic rings. The molecule has 9 heteroatoms. The van der Waals surface area contributed by atoms with E-state index in [-0.39, 0.29) is 30.3 Å². The van der Waals surface area contributed by atoms with Gasteiger partial charge in [-0.1, -0.05) is 11.6 Å². The highest BCUT2D eigenvalue weighted by Gasteiger charge is 2.32. The number of carboxylic acid groups (broad SMARTS) is 1. The molecule has 1 fully saturated rings. The van der Waals surface area contributed by atoms with E-state index in [1.807, 2.05) is 0 Å². The molecule has 21 heavy (non-hydrogen) atoms. The minimum atomic E-state index is -1.18. The number of carbonyl (C=O) groups is 2. The zero-order valence-electron chi connectivity index (χ0n) is 10.7. The van der Waals surface area contributed by atoms with Crippen LogP contribution in [0, 0.1) is 10.1 Å². The number of nitrogens with zero attached hydrogens (tertiary/aromatic N) is 2. The zero-order valence-corrected chi connectivity index (χ0v) is 11.4. The Kier molecular flexibility index (Phi) is 4.39. The summed E-state index contributed by atoms with van der Waals surface area (Å²) >= 11 is 5.69. The second kappa shape index (κ2) is 6.06. The monoisotopic (exact) mass is 314 g/mol. The lowest BCUT2D eigenvalue weighted by atomic mass is 10.1. The van der Waals surface area contributed by atoms with Crippen LogP contribution in [0.15, 0.2) is 18.2 Å². The molecule has 0 aliphatic carbocycles. The molecule has 0 bridgehead atoms. The van der Waals surface area contributed by atoms with Crippen LogP contribution in [0.2, 0.25) is 5.02 Å². The summed E-state index contributed by atoms with van der Waals surface area (Å²) in [5, 5.41) is 20.0. The SMILES string of the molecule is O=C(O)C1CN(C(=O)c2ccc(Cl)cc2[N+](=O)[O-])CCO1. The van der Waals surface area contributed by atoms with Crippen molar-refractivity contribution in [3.05, 3.63) is 38.9 Å². The van der Waals surface area contributed by atoms with Gasteiger partial charge in [0.1, 0.15) is 5.56 Å². The summed E-state index contributed by atoms with van der Waals surface area (Å²) in [7, 11) is 0. The summed E-state index contributed by atoms with van der Waals surface area (Å²) in [6.07, 6.45) is -1.13. The molecule has 1 amide bonds. The largest absolute Gasteiger partial charge is 0.479 e. The second-order valence-electron chi connectivity index (χ2n) is 4.37. The Morgan fingerprint density at radius 1 is 1.48 bits per heavy atom. The number of amides is 1. The van der Waals surface area contributed by atoms with E-state index < -0.39 is 28.6 Å². The summed E-state index contributed by atoms with van der Waals surface area (Å²) in [6.45, 7) is 0.0699. The van der Waals surface area contributed by atoms with Gasteiger partial charge in [-0.15, -0.1) is 0 Å². The van der Waals surface area contributed by atoms with Gasteiger partial charge in [0.25, 0.3) is 11.6 Å². The van der Waals surface area contributed by atoms with Crippen LogP contribution in [0.5, 0.6) is 0 Å². The third-order valence-electron chi connectivity index (χ3n) is 3.02. The van der Waals surface area contributed by atoms with Gasteiger partial charge in [0.05, 0.1) is 18.1 Å². The van der Waals surface area contributed by atoms with Crippen molar-refractivity contribution in [2.75, 3.05) is 19.7 Å². The average Bonchev–Trinajstić information content (AvgIpc) is 2.46. The lowest BCUT2D eigenvalue weighted by Gasteiger charge is -2.30. The van der Waals surface area contributed by atoms with Crippen molar-refractivity contribution in [3.8, 4) is 0 Å². The van der Waals surface area contributed by atoms with E-state index in [9.17, 15) is 19.7 Å². The van der Waals surface area contributed by atoms with Gasteiger partial charge in [-0.25, -0.2) is 4.79 Å². The van der Waals surface area contributed by atoms with Gasteiger partial charge < -0.3 is 14.7 Å². The fourth-order valence-corrected chi connectivity index (χ4v) is 2.16. The number of aliphatic carboxylic acids is 1. The van der Waals surface area contributed by atoms with Gasteiger partial charge in [-0.05, 0) is 12.1 Å². The number of hydrogen-bond acceptors (Lipinski definition) is 5. The molecule has 1 aliphatic rings. The van der Waals surface area contributed by atoms with E-state index >= 15 is 0 Å². The number of nitro benzene ring substituents is 1. The topological polar surface area (TPSA) is 110 Å². The Labute approximate surface area is 124 Å². The predicted octanol–water partition coefficient (Wildman–Crippen LogP) is 1.17. The lowest BCUT2D eigenvalue weighted by molar-refractivity contribution is -0.385. The molecule has 0 saturated carbocycles. The molecule has 0 radical (unpaired) electrons. The number of nitro groups is 1. The number of carboxylic acids is 1. The predicted molar refractivity (Wildman–Crippen MR) is 71.4 cm³/mol. The van der Waals surface area contributed by atoms with Crippen LogP contribution in [-0.2, 0) is 9.53 Å². The van der Waals surface area contributed by atoms with Gasteiger partial charge in [0, 0.05) is 17.6 Å². The molecule has 112 valence electrons. The zero-order chi connectivity index (χ0) is 15.6. The van der Waals surface area contributed by atoms with E-state index in [0.717, 1.165) is 6.07 Å². The first kappa shape index (κ1) is 15.2. The van der Waals surface area contributed by atoms with Gasteiger partial charge in [0.2, 0.25) is 0 Å². The highest BCUT2D eigenvalue weighted by atomic mass is 35.5. The summed E-state index contributed by atoms with van der Waals surface area (Å²) in [5.41, 5.74) is -0.540. The van der Waals surface area contributed by atoms with Crippen LogP contribution in [0.3, 0.4) is 0 Å². The summed E-state index contributed by atoms with van der Waals surface area (Å²) in [5.74, 6) is -1.80. The third-order valence-corrected chi connectivity index (χ3v) is 3.25. The van der Waals surface area contributed by atoms with Crippen molar-refractivity contribution in [1.82, 2.24) is 4.90 Å². The number of benzene rings is 1. The minimum absolute atomic E-state index is 0.0596. The number of ether oxygens (including phenoxy) is 1. The van der Waals surface area contributed by atoms with Gasteiger partial charge in [-0.3, -0.25) is 14.9 Å². The van der Waals surface area contributed by atoms with E-state index in [4.69, 9.17) is 21.4 Å². The number of carbonyl (C=O) groups excluding carboxylic acids is 1. The molecule has 2 rings (SSSR count). The first-order valence-electron chi connectivity index (χ1n) is 5.97. The van der Waals surface area contributed by atoms with Crippen LogP contribution in [0.1, 0.15) is 10.4 Å². The number of morpholine rings is 1. The fourth-order valence-electron chi connectivity index (χ4n) is 1.99. The standard InChI is InChI=1S/C12H11ClN2O6/c13-7-1-2-8(9(5-7)15(19)20)11(16)14-3-4-21-10(6-14)12(17)18/h1-2,5,10H,3-4,6H2,(H,17,18). The normalized spacial score (nSPS) is 18.3. The molecule has 1 unspecified atom stereocenters. The van der Waals surface area contributed by atoms with Crippen molar-refractivity contribution in [1.29, 1.82) is 0 Å². The first-order chi connectivity index (χ1) is 9.90. The number of rotatable bonds is 3. The highest BCUT2D eigenvalue weighted by Crippen LogP contribution is 2.25. The van der Waals surface area contributed by atoms with E-state index in [2.05, 4.69) is 0 Å². The third kappa shape index (κ3) is 3.29. The van der Waals surface area contributed by atoms with Crippen molar-refractivity contribution in [2.24, 2.45) is 0 Å². The van der Waals surface area contributed by atoms with Gasteiger partial charge in [-0.2, -0.15) is 0 Å². The van der Waals surface area contributed by atoms with Crippen LogP contribution in [0.25, 0.3) is 0 Å². The number of hydrogen-bond donors (Lipinski definition) is 1. The van der Waals surface area contributed by atoms with Gasteiger partial charge in [0.15, 0.2) is 6.10 Å². The Bertz CT molecular complexity index is 605. The quantitative estimate of drug-likeness (QED) is 0.662. The Morgan fingerprint density at radius 2 is 2.19 bits per heavy atom. The highest BCUT2D eigenvalue weighted by molar-refractivity contribution is 6.31. The van der Waals surface area contributed by atoms with E-state index in [1.165, 1.54) is 17.0 Å². The Morgan fingerprint density at radius 3 is 2.81 bits per heavy atom. The van der Waals surface area contributed by atoms with E-state index in [1.54, 1.807) is 0 Å². The van der Waals surface area contributed by atoms with Crippen molar-refractivity contribution in [3.63, 3.8) is 0 Å². The molecule has 1 aliphatic heterocycles. The van der Waals surface area contributed by atoms with Crippen LogP contribution >= 0.6 is 11.6 Å². The van der Waals surface area contributed by atoms with E-state index in [0.29, 0.717) is 0 Å². The second-order valence-corrected chi connectivity index (χ2v) is 4.80. The number of halogens is 1. The molecule has 1 saturated heterocycles. The molecule has 0 spiro atoms. The molecule has 1 aromatic carbocycles. The molecular weight excluding hydrogens is 304 g/mol. The van der Waals surface area contributed by atoms with Crippen LogP contribution < -0.4 is 0 Å². The molecule has 8 nitrogen and oxygen atoms in total. The minimum Gasteiger partial charge on any atom is -0.479 e. The maximum absolute atomic E-state index is 12.3. The first-order valence-corrected chi connectivity index (χ1v) is 6.35. The summed E-state index contributed by atoms with van der Waals surface area (Å²) in [4.78, 5) is 34.7. The lowest BCUT2D eigenvalue weighted by Crippen LogP contribution is -2.48. The smallest absolute Gasteiger partial charge is 0.334 e. The molecule has 1 heterocycles. The Balaban J connectivity index is 2.28. The molecular formula is C12H11ClN2O6. The molecule has 0 aromatic heterocycles. The van der Waals surface area contributed by atoms with Crippen molar-refractivity contribution >= 4 is 29.2 Å². The van der Waals surface area contributed by atoms with Crippen LogP contribution in [0.4, 0.5) is 5.69 Å². The summed E-state index contributed by atoms with van der Waals surface area (Å²) < 4.78 is 5.00. The Hall–Kier alpha value is -2.19. The maximum atomic E-state index is 12.3. The fraction of sp³-hybridized carbons (Fsp3) is 0.333. The maximum Gasteiger partial charge on any atom is 0.334 e. The molecule has 1 N–H and O–H groups in total.